The third kappa shape index (κ3) is 4.59. The SMILES string of the molecule is C=C(CCC(C)CC)C(=O)O. The van der Waals surface area contributed by atoms with Gasteiger partial charge in [0.15, 0.2) is 0 Å². The van der Waals surface area contributed by atoms with Crippen molar-refractivity contribution in [3.8, 4) is 0 Å². The van der Waals surface area contributed by atoms with Gasteiger partial charge < -0.3 is 5.11 Å². The van der Waals surface area contributed by atoms with Gasteiger partial charge in [-0.25, -0.2) is 4.79 Å². The summed E-state index contributed by atoms with van der Waals surface area (Å²) in [5.74, 6) is -0.264. The summed E-state index contributed by atoms with van der Waals surface area (Å²) in [4.78, 5) is 10.3. The van der Waals surface area contributed by atoms with Crippen molar-refractivity contribution >= 4 is 5.97 Å². The minimum atomic E-state index is -0.867. The highest BCUT2D eigenvalue weighted by molar-refractivity contribution is 5.85. The molecule has 0 amide bonds. The van der Waals surface area contributed by atoms with E-state index >= 15 is 0 Å². The largest absolute Gasteiger partial charge is 0.478 e. The van der Waals surface area contributed by atoms with Crippen molar-refractivity contribution in [3.63, 3.8) is 0 Å². The summed E-state index contributed by atoms with van der Waals surface area (Å²) in [6.07, 6.45) is 2.65. The second-order valence-electron chi connectivity index (χ2n) is 2.96. The summed E-state index contributed by atoms with van der Waals surface area (Å²) in [5.41, 5.74) is 0.324. The van der Waals surface area contributed by atoms with Crippen LogP contribution in [0.4, 0.5) is 0 Å². The first kappa shape index (κ1) is 10.2. The molecule has 11 heavy (non-hydrogen) atoms. The van der Waals surface area contributed by atoms with Crippen LogP contribution in [0.2, 0.25) is 0 Å². The maximum Gasteiger partial charge on any atom is 0.330 e. The van der Waals surface area contributed by atoms with Gasteiger partial charge in [-0.2, -0.15) is 0 Å². The van der Waals surface area contributed by atoms with Gasteiger partial charge in [0.2, 0.25) is 0 Å². The molecule has 0 bridgehead atoms. The summed E-state index contributed by atoms with van der Waals surface area (Å²) in [6.45, 7) is 7.69. The average Bonchev–Trinajstić information content (AvgIpc) is 1.99. The molecule has 1 N–H and O–H groups in total. The number of aliphatic carboxylic acids is 1. The Balaban J connectivity index is 3.54. The van der Waals surface area contributed by atoms with Crippen molar-refractivity contribution < 1.29 is 9.90 Å². The molecule has 0 aliphatic heterocycles. The fourth-order valence-electron chi connectivity index (χ4n) is 0.732. The van der Waals surface area contributed by atoms with E-state index in [4.69, 9.17) is 5.11 Å². The monoisotopic (exact) mass is 156 g/mol. The normalized spacial score (nSPS) is 12.5. The van der Waals surface area contributed by atoms with Gasteiger partial charge in [0.1, 0.15) is 0 Å². The van der Waals surface area contributed by atoms with E-state index in [1.54, 1.807) is 0 Å². The van der Waals surface area contributed by atoms with Crippen LogP contribution in [0.15, 0.2) is 12.2 Å². The summed E-state index contributed by atoms with van der Waals surface area (Å²) >= 11 is 0. The molecule has 0 heterocycles. The molecule has 1 atom stereocenters. The number of carboxylic acid groups (broad SMARTS) is 1. The van der Waals surface area contributed by atoms with Crippen LogP contribution >= 0.6 is 0 Å². The predicted molar refractivity (Wildman–Crippen MR) is 45.5 cm³/mol. The van der Waals surface area contributed by atoms with Crippen LogP contribution in [-0.2, 0) is 4.79 Å². The van der Waals surface area contributed by atoms with Crippen LogP contribution in [0.1, 0.15) is 33.1 Å². The van der Waals surface area contributed by atoms with Gasteiger partial charge in [0.25, 0.3) is 0 Å². The lowest BCUT2D eigenvalue weighted by atomic mass is 10.00. The zero-order valence-electron chi connectivity index (χ0n) is 7.26. The van der Waals surface area contributed by atoms with Crippen LogP contribution in [0.25, 0.3) is 0 Å². The Bertz CT molecular complexity index is 150. The first-order valence-corrected chi connectivity index (χ1v) is 3.99. The van der Waals surface area contributed by atoms with E-state index in [1.807, 2.05) is 0 Å². The van der Waals surface area contributed by atoms with Crippen molar-refractivity contribution in [2.45, 2.75) is 33.1 Å². The molecule has 0 aliphatic rings. The van der Waals surface area contributed by atoms with Crippen molar-refractivity contribution in [2.75, 3.05) is 0 Å². The number of carboxylic acids is 1. The van der Waals surface area contributed by atoms with Crippen LogP contribution in [0.3, 0.4) is 0 Å². The van der Waals surface area contributed by atoms with Crippen molar-refractivity contribution in [3.05, 3.63) is 12.2 Å². The summed E-state index contributed by atoms with van der Waals surface area (Å²) < 4.78 is 0. The molecule has 0 saturated carbocycles. The van der Waals surface area contributed by atoms with Crippen LogP contribution < -0.4 is 0 Å². The van der Waals surface area contributed by atoms with Gasteiger partial charge in [-0.1, -0.05) is 26.8 Å². The highest BCUT2D eigenvalue weighted by Crippen LogP contribution is 2.13. The molecule has 0 saturated heterocycles. The topological polar surface area (TPSA) is 37.3 Å². The van der Waals surface area contributed by atoms with E-state index in [0.29, 0.717) is 17.9 Å². The number of rotatable bonds is 5. The predicted octanol–water partition coefficient (Wildman–Crippen LogP) is 2.45. The second kappa shape index (κ2) is 4.94. The van der Waals surface area contributed by atoms with Gasteiger partial charge in [0, 0.05) is 5.57 Å². The first-order chi connectivity index (χ1) is 5.07. The Morgan fingerprint density at radius 2 is 2.18 bits per heavy atom. The van der Waals surface area contributed by atoms with E-state index in [1.165, 1.54) is 0 Å². The lowest BCUT2D eigenvalue weighted by Gasteiger charge is -2.06. The Kier molecular flexibility index (Phi) is 4.59. The maximum absolute atomic E-state index is 10.3. The van der Waals surface area contributed by atoms with E-state index in [0.717, 1.165) is 12.8 Å². The Hall–Kier alpha value is -0.790. The van der Waals surface area contributed by atoms with Crippen LogP contribution in [0, 0.1) is 5.92 Å². The smallest absolute Gasteiger partial charge is 0.330 e. The van der Waals surface area contributed by atoms with Crippen LogP contribution in [0.5, 0.6) is 0 Å². The average molecular weight is 156 g/mol. The maximum atomic E-state index is 10.3. The highest BCUT2D eigenvalue weighted by Gasteiger charge is 2.05. The molecule has 0 radical (unpaired) electrons. The molecule has 0 rings (SSSR count). The summed E-state index contributed by atoms with van der Waals surface area (Å²) in [7, 11) is 0. The highest BCUT2D eigenvalue weighted by atomic mass is 16.4. The molecule has 2 heteroatoms. The van der Waals surface area contributed by atoms with E-state index in [-0.39, 0.29) is 0 Å². The first-order valence-electron chi connectivity index (χ1n) is 3.99. The summed E-state index contributed by atoms with van der Waals surface area (Å²) in [6, 6.07) is 0. The minimum absolute atomic E-state index is 0.324. The molecule has 1 unspecified atom stereocenters. The Labute approximate surface area is 67.9 Å². The number of hydrogen-bond acceptors (Lipinski definition) is 1. The second-order valence-corrected chi connectivity index (χ2v) is 2.96. The molecule has 0 aliphatic carbocycles. The third-order valence-electron chi connectivity index (χ3n) is 1.94. The van der Waals surface area contributed by atoms with Gasteiger partial charge in [-0.05, 0) is 18.8 Å². The fraction of sp³-hybridized carbons (Fsp3) is 0.667. The standard InChI is InChI=1S/C9H16O2/c1-4-7(2)5-6-8(3)9(10)11/h7H,3-6H2,1-2H3,(H,10,11). The zero-order valence-corrected chi connectivity index (χ0v) is 7.26. The van der Waals surface area contributed by atoms with Gasteiger partial charge >= 0.3 is 5.97 Å². The lowest BCUT2D eigenvalue weighted by molar-refractivity contribution is -0.132. The van der Waals surface area contributed by atoms with Gasteiger partial charge in [-0.15, -0.1) is 0 Å². The number of hydrogen-bond donors (Lipinski definition) is 1. The minimum Gasteiger partial charge on any atom is -0.478 e. The Morgan fingerprint density at radius 1 is 1.64 bits per heavy atom. The summed E-state index contributed by atoms with van der Waals surface area (Å²) in [5, 5.41) is 8.47. The fourth-order valence-corrected chi connectivity index (χ4v) is 0.732. The van der Waals surface area contributed by atoms with Crippen molar-refractivity contribution in [1.82, 2.24) is 0 Å². The van der Waals surface area contributed by atoms with Crippen molar-refractivity contribution in [2.24, 2.45) is 5.92 Å². The van der Waals surface area contributed by atoms with E-state index < -0.39 is 5.97 Å². The molecule has 0 spiro atoms. The molecule has 0 aromatic rings. The van der Waals surface area contributed by atoms with Gasteiger partial charge in [0.05, 0.1) is 0 Å². The molecule has 64 valence electrons. The van der Waals surface area contributed by atoms with Crippen molar-refractivity contribution in [1.29, 1.82) is 0 Å². The zero-order chi connectivity index (χ0) is 8.85. The third-order valence-corrected chi connectivity index (χ3v) is 1.94. The molecule has 0 fully saturated rings. The quantitative estimate of drug-likeness (QED) is 0.621. The van der Waals surface area contributed by atoms with E-state index in [9.17, 15) is 4.79 Å². The molecule has 2 nitrogen and oxygen atoms in total. The molecule has 0 aromatic carbocycles. The molecular weight excluding hydrogens is 140 g/mol. The van der Waals surface area contributed by atoms with Gasteiger partial charge in [-0.3, -0.25) is 0 Å². The molecular formula is C9H16O2. The molecule has 0 aromatic heterocycles. The number of carbonyl (C=O) groups is 1. The van der Waals surface area contributed by atoms with Crippen LogP contribution in [-0.4, -0.2) is 11.1 Å². The Morgan fingerprint density at radius 3 is 2.55 bits per heavy atom. The van der Waals surface area contributed by atoms with E-state index in [2.05, 4.69) is 20.4 Å². The lowest BCUT2D eigenvalue weighted by Crippen LogP contribution is -2.01.